The van der Waals surface area contributed by atoms with Crippen molar-refractivity contribution in [2.45, 2.75) is 12.8 Å². The second-order valence-corrected chi connectivity index (χ2v) is 9.30. The van der Waals surface area contributed by atoms with Crippen LogP contribution in [0.5, 0.6) is 0 Å². The largest absolute Gasteiger partial charge is 0.317 e. The van der Waals surface area contributed by atoms with Gasteiger partial charge in [0.2, 0.25) is 6.54 Å². The molecule has 0 bridgehead atoms. The Bertz CT molecular complexity index is 774. The van der Waals surface area contributed by atoms with Gasteiger partial charge < -0.3 is 4.85 Å². The molecular weight excluding hydrogens is 321 g/mol. The van der Waals surface area contributed by atoms with E-state index in [1.54, 1.807) is 0 Å². The Hall–Kier alpha value is -2.55. The van der Waals surface area contributed by atoms with Gasteiger partial charge in [0.1, 0.15) is 0 Å². The number of unbranched alkanes of at least 4 members (excludes halogenated alkanes) is 1. The van der Waals surface area contributed by atoms with E-state index in [0.29, 0.717) is 6.54 Å². The average Bonchev–Trinajstić information content (AvgIpc) is 2.70. The topological polar surface area (TPSA) is 4.36 Å². The summed E-state index contributed by atoms with van der Waals surface area (Å²) < 4.78 is 0. The lowest BCUT2D eigenvalue weighted by molar-refractivity contribution is 0.972. The number of benzene rings is 3. The molecule has 3 rings (SSSR count). The molecule has 0 aliphatic carbocycles. The van der Waals surface area contributed by atoms with Crippen molar-refractivity contribution in [2.24, 2.45) is 0 Å². The van der Waals surface area contributed by atoms with E-state index in [4.69, 9.17) is 6.57 Å². The Morgan fingerprint density at radius 2 is 1.08 bits per heavy atom. The Labute approximate surface area is 150 Å². The monoisotopic (exact) mass is 343 g/mol. The van der Waals surface area contributed by atoms with Gasteiger partial charge in [-0.25, -0.2) is 6.57 Å². The van der Waals surface area contributed by atoms with E-state index in [-0.39, 0.29) is 0 Å². The van der Waals surface area contributed by atoms with Crippen LogP contribution in [-0.2, 0) is 0 Å². The number of hydrogen-bond acceptors (Lipinski definition) is 0. The fourth-order valence-corrected chi connectivity index (χ4v) is 7.23. The third kappa shape index (κ3) is 3.76. The van der Waals surface area contributed by atoms with Crippen molar-refractivity contribution in [3.63, 3.8) is 0 Å². The molecule has 3 aromatic rings. The number of rotatable bonds is 6. The summed E-state index contributed by atoms with van der Waals surface area (Å²) >= 11 is 0. The summed E-state index contributed by atoms with van der Waals surface area (Å²) in [6.07, 6.45) is 1.87. The van der Waals surface area contributed by atoms with Crippen molar-refractivity contribution in [1.82, 2.24) is 0 Å². The lowest BCUT2D eigenvalue weighted by Gasteiger charge is -2.28. The third-order valence-corrected chi connectivity index (χ3v) is 8.51. The molecule has 0 spiro atoms. The molecule has 0 heterocycles. The zero-order valence-corrected chi connectivity index (χ0v) is 15.1. The summed E-state index contributed by atoms with van der Waals surface area (Å²) in [5.74, 6) is 2.50. The second-order valence-electron chi connectivity index (χ2n) is 5.94. The molecule has 0 amide bonds. The number of nitrogens with zero attached hydrogens (tertiary/aromatic N) is 1. The Balaban J connectivity index is 2.26. The van der Waals surface area contributed by atoms with Crippen LogP contribution in [0.25, 0.3) is 4.85 Å². The molecule has 0 fully saturated rings. The van der Waals surface area contributed by atoms with Crippen LogP contribution in [0.2, 0.25) is 0 Å². The van der Waals surface area contributed by atoms with Crippen LogP contribution in [0.4, 0.5) is 0 Å². The molecule has 0 atom stereocenters. The SMILES string of the molecule is [C-]#[N+]CCCC=P(c1ccccc1)(c1ccccc1)c1ccccc1. The Kier molecular flexibility index (Phi) is 5.89. The quantitative estimate of drug-likeness (QED) is 0.353. The molecule has 3 aromatic carbocycles. The highest BCUT2D eigenvalue weighted by Crippen LogP contribution is 2.43. The lowest BCUT2D eigenvalue weighted by atomic mass is 10.3. The molecule has 0 N–H and O–H groups in total. The van der Waals surface area contributed by atoms with Crippen LogP contribution in [0, 0.1) is 6.57 Å². The first-order chi connectivity index (χ1) is 12.4. The highest BCUT2D eigenvalue weighted by Gasteiger charge is 2.24. The van der Waals surface area contributed by atoms with Gasteiger partial charge in [0, 0.05) is 6.42 Å². The normalized spacial score (nSPS) is 10.8. The summed E-state index contributed by atoms with van der Waals surface area (Å²) in [6, 6.07) is 32.5. The van der Waals surface area contributed by atoms with Gasteiger partial charge in [-0.15, -0.1) is 0 Å². The summed E-state index contributed by atoms with van der Waals surface area (Å²) in [7, 11) is 0. The van der Waals surface area contributed by atoms with E-state index >= 15 is 0 Å². The first kappa shape index (κ1) is 17.3. The zero-order chi connectivity index (χ0) is 17.4. The van der Waals surface area contributed by atoms with Crippen molar-refractivity contribution < 1.29 is 0 Å². The van der Waals surface area contributed by atoms with Crippen LogP contribution in [0.3, 0.4) is 0 Å². The van der Waals surface area contributed by atoms with E-state index in [2.05, 4.69) is 102 Å². The van der Waals surface area contributed by atoms with Gasteiger partial charge in [0.15, 0.2) is 0 Å². The van der Waals surface area contributed by atoms with Crippen LogP contribution >= 0.6 is 6.89 Å². The second kappa shape index (κ2) is 8.52. The van der Waals surface area contributed by atoms with Gasteiger partial charge in [-0.1, -0.05) is 96.8 Å². The van der Waals surface area contributed by atoms with Gasteiger partial charge in [0.05, 0.1) is 0 Å². The molecule has 0 aromatic heterocycles. The highest BCUT2D eigenvalue weighted by atomic mass is 31.2. The summed E-state index contributed by atoms with van der Waals surface area (Å²) in [6.45, 7) is 5.82. The van der Waals surface area contributed by atoms with Gasteiger partial charge in [0.25, 0.3) is 0 Å². The van der Waals surface area contributed by atoms with Gasteiger partial charge in [-0.3, -0.25) is 0 Å². The van der Waals surface area contributed by atoms with Crippen LogP contribution < -0.4 is 15.9 Å². The van der Waals surface area contributed by atoms with Crippen molar-refractivity contribution >= 4 is 28.6 Å². The Morgan fingerprint density at radius 1 is 0.680 bits per heavy atom. The fourth-order valence-electron chi connectivity index (χ4n) is 3.21. The van der Waals surface area contributed by atoms with Crippen molar-refractivity contribution in [3.05, 3.63) is 102 Å². The van der Waals surface area contributed by atoms with Gasteiger partial charge in [-0.2, -0.15) is 0 Å². The van der Waals surface area contributed by atoms with E-state index in [1.165, 1.54) is 15.9 Å². The molecule has 0 unspecified atom stereocenters. The fraction of sp³-hybridized carbons (Fsp3) is 0.130. The maximum Gasteiger partial charge on any atom is 0.215 e. The zero-order valence-electron chi connectivity index (χ0n) is 14.3. The van der Waals surface area contributed by atoms with E-state index in [0.717, 1.165) is 12.8 Å². The van der Waals surface area contributed by atoms with Gasteiger partial charge in [-0.05, 0) is 29.2 Å². The molecular formula is C23H22NP. The van der Waals surface area contributed by atoms with Crippen molar-refractivity contribution in [2.75, 3.05) is 6.54 Å². The van der Waals surface area contributed by atoms with Crippen molar-refractivity contribution in [3.8, 4) is 0 Å². The lowest BCUT2D eigenvalue weighted by Crippen LogP contribution is -2.27. The average molecular weight is 343 g/mol. The summed E-state index contributed by atoms with van der Waals surface area (Å²) in [4.78, 5) is 3.52. The minimum Gasteiger partial charge on any atom is -0.317 e. The van der Waals surface area contributed by atoms with Crippen LogP contribution in [0.1, 0.15) is 12.8 Å². The summed E-state index contributed by atoms with van der Waals surface area (Å²) in [5, 5.41) is 4.11. The summed E-state index contributed by atoms with van der Waals surface area (Å²) in [5.41, 5.74) is 0. The Morgan fingerprint density at radius 3 is 1.44 bits per heavy atom. The molecule has 0 aliphatic heterocycles. The first-order valence-corrected chi connectivity index (χ1v) is 10.5. The first-order valence-electron chi connectivity index (χ1n) is 8.61. The minimum absolute atomic E-state index is 0.592. The third-order valence-electron chi connectivity index (χ3n) is 4.37. The van der Waals surface area contributed by atoms with Gasteiger partial charge >= 0.3 is 0 Å². The highest BCUT2D eigenvalue weighted by molar-refractivity contribution is 7.94. The van der Waals surface area contributed by atoms with E-state index in [1.807, 2.05) is 0 Å². The van der Waals surface area contributed by atoms with Crippen molar-refractivity contribution in [1.29, 1.82) is 0 Å². The standard InChI is InChI=1S/C23H22NP/c1-24-19-11-12-20-25(21-13-5-2-6-14-21,22-15-7-3-8-16-22)23-17-9-4-10-18-23/h2-10,13-18,20H,11-12,19H2. The molecule has 0 aliphatic rings. The molecule has 124 valence electrons. The smallest absolute Gasteiger partial charge is 0.215 e. The minimum atomic E-state index is -1.82. The molecule has 2 heteroatoms. The predicted molar refractivity (Wildman–Crippen MR) is 112 cm³/mol. The van der Waals surface area contributed by atoms with E-state index in [9.17, 15) is 0 Å². The van der Waals surface area contributed by atoms with Crippen LogP contribution in [0.15, 0.2) is 91.0 Å². The molecule has 0 saturated carbocycles. The molecule has 0 saturated heterocycles. The molecule has 1 nitrogen and oxygen atoms in total. The maximum absolute atomic E-state index is 7.05. The predicted octanol–water partition coefficient (Wildman–Crippen LogP) is 4.48. The van der Waals surface area contributed by atoms with E-state index < -0.39 is 6.89 Å². The van der Waals surface area contributed by atoms with Crippen LogP contribution in [-0.4, -0.2) is 12.3 Å². The molecule has 0 radical (unpaired) electrons. The molecule has 25 heavy (non-hydrogen) atoms. The number of hydrogen-bond donors (Lipinski definition) is 0. The maximum atomic E-state index is 7.05.